The van der Waals surface area contributed by atoms with Crippen LogP contribution in [0.5, 0.6) is 0 Å². The number of carboxylic acid groups (broad SMARTS) is 1. The topological polar surface area (TPSA) is 134 Å². The minimum absolute atomic E-state index is 0.00782. The number of aliphatic hydroxyl groups excluding tert-OH is 2. The van der Waals surface area contributed by atoms with Gasteiger partial charge in [0.05, 0.1) is 24.9 Å². The summed E-state index contributed by atoms with van der Waals surface area (Å²) in [6.07, 6.45) is -0.702. The highest BCUT2D eigenvalue weighted by molar-refractivity contribution is 5.86. The third-order valence-electron chi connectivity index (χ3n) is 2.02. The van der Waals surface area contributed by atoms with E-state index in [0.717, 1.165) is 0 Å². The van der Waals surface area contributed by atoms with Gasteiger partial charge in [-0.15, -0.1) is 5.10 Å². The van der Waals surface area contributed by atoms with Gasteiger partial charge in [0.1, 0.15) is 0 Å². The van der Waals surface area contributed by atoms with Crippen molar-refractivity contribution in [2.24, 2.45) is 5.73 Å². The number of aliphatic hydroxyl groups is 2. The van der Waals surface area contributed by atoms with E-state index in [9.17, 15) is 9.90 Å². The highest BCUT2D eigenvalue weighted by Crippen LogP contribution is 2.07. The minimum atomic E-state index is -1.19. The van der Waals surface area contributed by atoms with Gasteiger partial charge < -0.3 is 21.1 Å². The second kappa shape index (κ2) is 5.54. The molecule has 0 aliphatic heterocycles. The third kappa shape index (κ3) is 2.75. The van der Waals surface area contributed by atoms with E-state index in [2.05, 4.69) is 10.3 Å². The third-order valence-corrected chi connectivity index (χ3v) is 2.02. The van der Waals surface area contributed by atoms with E-state index in [1.165, 1.54) is 4.68 Å². The van der Waals surface area contributed by atoms with E-state index in [1.54, 1.807) is 0 Å². The fraction of sp³-hybridized carbons (Fsp3) is 0.625. The molecule has 0 radical (unpaired) electrons. The smallest absolute Gasteiger partial charge is 0.358 e. The SMILES string of the molecule is NCCc1c(C(=O)O)nnn1CC(O)CO. The number of hydrogen-bond donors (Lipinski definition) is 4. The Kier molecular flexibility index (Phi) is 4.35. The molecule has 1 heterocycles. The molecule has 0 aliphatic rings. The Morgan fingerprint density at radius 2 is 2.25 bits per heavy atom. The van der Waals surface area contributed by atoms with Gasteiger partial charge in [0.2, 0.25) is 0 Å². The van der Waals surface area contributed by atoms with Crippen LogP contribution in [0.2, 0.25) is 0 Å². The van der Waals surface area contributed by atoms with E-state index in [4.69, 9.17) is 15.9 Å². The number of aromatic nitrogens is 3. The maximum atomic E-state index is 10.8. The number of nitrogens with two attached hydrogens (primary N) is 1. The van der Waals surface area contributed by atoms with Crippen molar-refractivity contribution < 1.29 is 20.1 Å². The lowest BCUT2D eigenvalue weighted by Crippen LogP contribution is -2.23. The van der Waals surface area contributed by atoms with Crippen LogP contribution < -0.4 is 5.73 Å². The standard InChI is InChI=1S/C8H14N4O4/c9-2-1-6-7(8(15)16)10-11-12(6)3-5(14)4-13/h5,13-14H,1-4,9H2,(H,15,16). The van der Waals surface area contributed by atoms with Crippen molar-refractivity contribution in [2.75, 3.05) is 13.2 Å². The lowest BCUT2D eigenvalue weighted by atomic mass is 10.2. The Balaban J connectivity index is 2.95. The molecule has 0 spiro atoms. The van der Waals surface area contributed by atoms with Gasteiger partial charge in [-0.2, -0.15) is 0 Å². The van der Waals surface area contributed by atoms with E-state index in [1.807, 2.05) is 0 Å². The lowest BCUT2D eigenvalue weighted by Gasteiger charge is -2.09. The summed E-state index contributed by atoms with van der Waals surface area (Å²) in [5.74, 6) is -1.19. The highest BCUT2D eigenvalue weighted by atomic mass is 16.4. The number of carbonyl (C=O) groups is 1. The monoisotopic (exact) mass is 230 g/mol. The maximum Gasteiger partial charge on any atom is 0.358 e. The van der Waals surface area contributed by atoms with Crippen molar-refractivity contribution in [1.29, 1.82) is 0 Å². The zero-order valence-corrected chi connectivity index (χ0v) is 8.57. The number of aromatic carboxylic acids is 1. The zero-order valence-electron chi connectivity index (χ0n) is 8.57. The highest BCUT2D eigenvalue weighted by Gasteiger charge is 2.19. The Morgan fingerprint density at radius 3 is 2.75 bits per heavy atom. The predicted octanol–water partition coefficient (Wildman–Crippen LogP) is -2.17. The van der Waals surface area contributed by atoms with E-state index in [-0.39, 0.29) is 18.8 Å². The molecule has 0 saturated carbocycles. The van der Waals surface area contributed by atoms with Crippen molar-refractivity contribution in [1.82, 2.24) is 15.0 Å². The predicted molar refractivity (Wildman–Crippen MR) is 52.8 cm³/mol. The molecule has 0 aromatic carbocycles. The molecule has 5 N–H and O–H groups in total. The van der Waals surface area contributed by atoms with Crippen molar-refractivity contribution in [3.8, 4) is 0 Å². The quantitative estimate of drug-likeness (QED) is 0.436. The van der Waals surface area contributed by atoms with Crippen LogP contribution in [0, 0.1) is 0 Å². The summed E-state index contributed by atoms with van der Waals surface area (Å²) in [6.45, 7) is -0.181. The molecule has 1 rings (SSSR count). The summed E-state index contributed by atoms with van der Waals surface area (Å²) < 4.78 is 1.25. The molecule has 1 unspecified atom stereocenters. The van der Waals surface area contributed by atoms with Crippen LogP contribution in [-0.4, -0.2) is 55.5 Å². The first kappa shape index (κ1) is 12.6. The number of nitrogens with zero attached hydrogens (tertiary/aromatic N) is 3. The average molecular weight is 230 g/mol. The summed E-state index contributed by atoms with van der Waals surface area (Å²) in [5.41, 5.74) is 5.53. The van der Waals surface area contributed by atoms with Gasteiger partial charge in [0.25, 0.3) is 0 Å². The fourth-order valence-corrected chi connectivity index (χ4v) is 1.29. The number of rotatable bonds is 6. The molecule has 1 aromatic heterocycles. The van der Waals surface area contributed by atoms with Gasteiger partial charge in [-0.05, 0) is 6.54 Å². The first-order chi connectivity index (χ1) is 7.60. The molecule has 90 valence electrons. The van der Waals surface area contributed by atoms with Crippen LogP contribution in [0.4, 0.5) is 0 Å². The molecule has 0 saturated heterocycles. The first-order valence-corrected chi connectivity index (χ1v) is 4.74. The van der Waals surface area contributed by atoms with Gasteiger partial charge in [-0.1, -0.05) is 5.21 Å². The van der Waals surface area contributed by atoms with Crippen LogP contribution in [0.3, 0.4) is 0 Å². The van der Waals surface area contributed by atoms with Crippen LogP contribution in [0.15, 0.2) is 0 Å². The van der Waals surface area contributed by atoms with E-state index in [0.29, 0.717) is 12.1 Å². The van der Waals surface area contributed by atoms with Gasteiger partial charge in [-0.3, -0.25) is 0 Å². The molecule has 0 aliphatic carbocycles. The van der Waals surface area contributed by atoms with Crippen LogP contribution in [0.25, 0.3) is 0 Å². The number of carboxylic acids is 1. The van der Waals surface area contributed by atoms with Crippen molar-refractivity contribution >= 4 is 5.97 Å². The Bertz CT molecular complexity index is 365. The molecule has 0 bridgehead atoms. The second-order valence-corrected chi connectivity index (χ2v) is 3.25. The molecule has 0 fully saturated rings. The molecular weight excluding hydrogens is 216 g/mol. The van der Waals surface area contributed by atoms with Gasteiger partial charge in [-0.25, -0.2) is 9.48 Å². The van der Waals surface area contributed by atoms with Gasteiger partial charge >= 0.3 is 5.97 Å². The zero-order chi connectivity index (χ0) is 12.1. The first-order valence-electron chi connectivity index (χ1n) is 4.74. The maximum absolute atomic E-state index is 10.8. The summed E-state index contributed by atoms with van der Waals surface area (Å²) in [7, 11) is 0. The molecule has 1 aromatic rings. The Hall–Kier alpha value is -1.51. The molecule has 1 atom stereocenters. The van der Waals surface area contributed by atoms with Crippen LogP contribution >= 0.6 is 0 Å². The second-order valence-electron chi connectivity index (χ2n) is 3.25. The Labute approximate surface area is 91.3 Å². The van der Waals surface area contributed by atoms with E-state index >= 15 is 0 Å². The molecule has 16 heavy (non-hydrogen) atoms. The van der Waals surface area contributed by atoms with Gasteiger partial charge in [0, 0.05) is 6.42 Å². The molecule has 8 heteroatoms. The molecule has 8 nitrogen and oxygen atoms in total. The van der Waals surface area contributed by atoms with Crippen molar-refractivity contribution in [3.05, 3.63) is 11.4 Å². The van der Waals surface area contributed by atoms with Crippen molar-refractivity contribution in [2.45, 2.75) is 19.1 Å². The van der Waals surface area contributed by atoms with Crippen molar-refractivity contribution in [3.63, 3.8) is 0 Å². The Morgan fingerprint density at radius 1 is 1.56 bits per heavy atom. The minimum Gasteiger partial charge on any atom is -0.476 e. The number of hydrogen-bond acceptors (Lipinski definition) is 6. The normalized spacial score (nSPS) is 12.7. The largest absolute Gasteiger partial charge is 0.476 e. The molecular formula is C8H14N4O4. The fourth-order valence-electron chi connectivity index (χ4n) is 1.29. The average Bonchev–Trinajstić information content (AvgIpc) is 2.62. The summed E-state index contributed by atoms with van der Waals surface area (Å²) >= 11 is 0. The van der Waals surface area contributed by atoms with E-state index < -0.39 is 18.7 Å². The molecule has 0 amide bonds. The van der Waals surface area contributed by atoms with Gasteiger partial charge in [0.15, 0.2) is 5.69 Å². The lowest BCUT2D eigenvalue weighted by molar-refractivity contribution is 0.0687. The summed E-state index contributed by atoms with van der Waals surface area (Å²) in [4.78, 5) is 10.8. The van der Waals surface area contributed by atoms with Crippen LogP contribution in [-0.2, 0) is 13.0 Å². The summed E-state index contributed by atoms with van der Waals surface area (Å²) in [6, 6.07) is 0. The van der Waals surface area contributed by atoms with Crippen LogP contribution in [0.1, 0.15) is 16.2 Å². The summed E-state index contributed by atoms with van der Waals surface area (Å²) in [5, 5.41) is 33.8.